The van der Waals surface area contributed by atoms with Crippen LogP contribution in [-0.4, -0.2) is 21.3 Å². The zero-order valence-corrected chi connectivity index (χ0v) is 9.34. The Morgan fingerprint density at radius 1 is 1.50 bits per heavy atom. The molecule has 0 aliphatic rings. The normalized spacial score (nSPS) is 13.1. The predicted molar refractivity (Wildman–Crippen MR) is 54.5 cm³/mol. The minimum absolute atomic E-state index is 0.348. The number of nitrogens with zero attached hydrogens (tertiary/aromatic N) is 2. The first kappa shape index (κ1) is 11.1. The Morgan fingerprint density at radius 2 is 2.14 bits per heavy atom. The van der Waals surface area contributed by atoms with Crippen LogP contribution in [0.5, 0.6) is 0 Å². The lowest BCUT2D eigenvalue weighted by Gasteiger charge is -2.10. The molecule has 78 valence electrons. The number of rotatable bonds is 4. The van der Waals surface area contributed by atoms with Crippen LogP contribution in [0.15, 0.2) is 0 Å². The van der Waals surface area contributed by atoms with Crippen molar-refractivity contribution in [2.75, 3.05) is 0 Å². The molecule has 14 heavy (non-hydrogen) atoms. The number of carbonyl (C=O) groups is 1. The molecule has 0 bridgehead atoms. The Labute approximate surface area is 87.0 Å². The lowest BCUT2D eigenvalue weighted by Crippen LogP contribution is -2.13. The van der Waals surface area contributed by atoms with Gasteiger partial charge in [0.05, 0.1) is 0 Å². The summed E-state index contributed by atoms with van der Waals surface area (Å²) in [6.07, 6.45) is 0.615. The maximum Gasteiger partial charge on any atom is 0.313 e. The Bertz CT molecular complexity index is 322. The fraction of sp³-hybridized carbons (Fsp3) is 0.667. The molecule has 5 heteroatoms. The first-order chi connectivity index (χ1) is 6.50. The Kier molecular flexibility index (Phi) is 3.57. The van der Waals surface area contributed by atoms with E-state index < -0.39 is 11.9 Å². The fourth-order valence-corrected chi connectivity index (χ4v) is 2.04. The minimum Gasteiger partial charge on any atom is -0.481 e. The number of carboxylic acid groups (broad SMARTS) is 1. The highest BCUT2D eigenvalue weighted by Gasteiger charge is 2.24. The second kappa shape index (κ2) is 4.50. The maximum absolute atomic E-state index is 11.0. The third-order valence-corrected chi connectivity index (χ3v) is 2.80. The third-order valence-electron chi connectivity index (χ3n) is 1.84. The van der Waals surface area contributed by atoms with Gasteiger partial charge in [-0.3, -0.25) is 4.79 Å². The lowest BCUT2D eigenvalue weighted by molar-refractivity contribution is -0.139. The largest absolute Gasteiger partial charge is 0.481 e. The molecule has 1 aromatic rings. The van der Waals surface area contributed by atoms with Crippen molar-refractivity contribution in [2.45, 2.75) is 33.1 Å². The summed E-state index contributed by atoms with van der Waals surface area (Å²) in [4.78, 5) is 11.0. The van der Waals surface area contributed by atoms with E-state index in [0.717, 1.165) is 5.01 Å². The molecule has 1 N–H and O–H groups in total. The molecule has 0 aliphatic carbocycles. The van der Waals surface area contributed by atoms with Crippen LogP contribution in [0.3, 0.4) is 0 Å². The summed E-state index contributed by atoms with van der Waals surface area (Å²) in [6.45, 7) is 5.84. The van der Waals surface area contributed by atoms with Gasteiger partial charge in [-0.25, -0.2) is 0 Å². The smallest absolute Gasteiger partial charge is 0.313 e. The molecule has 0 aromatic carbocycles. The molecular weight excluding hydrogens is 200 g/mol. The van der Waals surface area contributed by atoms with Crippen molar-refractivity contribution >= 4 is 17.3 Å². The van der Waals surface area contributed by atoms with Gasteiger partial charge < -0.3 is 5.11 Å². The van der Waals surface area contributed by atoms with Gasteiger partial charge in [-0.2, -0.15) is 0 Å². The van der Waals surface area contributed by atoms with Gasteiger partial charge in [0.15, 0.2) is 0 Å². The minimum atomic E-state index is -0.810. The van der Waals surface area contributed by atoms with E-state index in [0.29, 0.717) is 17.3 Å². The summed E-state index contributed by atoms with van der Waals surface area (Å²) in [6, 6.07) is 0. The molecule has 1 heterocycles. The zero-order chi connectivity index (χ0) is 10.7. The first-order valence-electron chi connectivity index (χ1n) is 4.53. The van der Waals surface area contributed by atoms with Crippen LogP contribution < -0.4 is 0 Å². The van der Waals surface area contributed by atoms with Crippen molar-refractivity contribution in [3.8, 4) is 0 Å². The molecule has 1 unspecified atom stereocenters. The molecule has 1 aromatic heterocycles. The van der Waals surface area contributed by atoms with Crippen LogP contribution >= 0.6 is 11.3 Å². The summed E-state index contributed by atoms with van der Waals surface area (Å²) in [5, 5.41) is 18.2. The number of aromatic nitrogens is 2. The van der Waals surface area contributed by atoms with Crippen LogP contribution in [0.4, 0.5) is 0 Å². The number of carboxylic acids is 1. The average molecular weight is 214 g/mol. The van der Waals surface area contributed by atoms with Crippen molar-refractivity contribution < 1.29 is 9.90 Å². The van der Waals surface area contributed by atoms with Crippen molar-refractivity contribution in [1.29, 1.82) is 0 Å². The van der Waals surface area contributed by atoms with Crippen LogP contribution in [-0.2, 0) is 4.79 Å². The van der Waals surface area contributed by atoms with Crippen LogP contribution in [0.1, 0.15) is 36.2 Å². The summed E-state index contributed by atoms with van der Waals surface area (Å²) >= 11 is 1.36. The number of aryl methyl sites for hydroxylation is 1. The molecule has 0 radical (unpaired) electrons. The van der Waals surface area contributed by atoms with E-state index >= 15 is 0 Å². The molecular formula is C9H14N2O2S. The highest BCUT2D eigenvalue weighted by molar-refractivity contribution is 7.11. The van der Waals surface area contributed by atoms with E-state index in [-0.39, 0.29) is 0 Å². The number of hydrogen-bond donors (Lipinski definition) is 1. The average Bonchev–Trinajstić information content (AvgIpc) is 2.46. The molecule has 0 spiro atoms. The van der Waals surface area contributed by atoms with Crippen molar-refractivity contribution in [3.63, 3.8) is 0 Å². The summed E-state index contributed by atoms with van der Waals surface area (Å²) < 4.78 is 0. The molecule has 0 amide bonds. The standard InChI is InChI=1S/C9H14N2O2S/c1-5(2)4-7(9(12)13)8-11-10-6(3)14-8/h5,7H,4H2,1-3H3,(H,12,13). The monoisotopic (exact) mass is 214 g/mol. The van der Waals surface area contributed by atoms with Crippen LogP contribution in [0.2, 0.25) is 0 Å². The van der Waals surface area contributed by atoms with E-state index in [2.05, 4.69) is 10.2 Å². The Hall–Kier alpha value is -0.970. The van der Waals surface area contributed by atoms with Crippen molar-refractivity contribution in [3.05, 3.63) is 10.0 Å². The second-order valence-corrected chi connectivity index (χ2v) is 4.89. The van der Waals surface area contributed by atoms with Gasteiger partial charge in [-0.05, 0) is 19.3 Å². The highest BCUT2D eigenvalue weighted by Crippen LogP contribution is 2.26. The summed E-state index contributed by atoms with van der Waals surface area (Å²) in [5.41, 5.74) is 0. The molecule has 0 aliphatic heterocycles. The maximum atomic E-state index is 11.0. The van der Waals surface area contributed by atoms with E-state index in [1.165, 1.54) is 11.3 Å². The van der Waals surface area contributed by atoms with Gasteiger partial charge in [0.1, 0.15) is 15.9 Å². The number of hydrogen-bond acceptors (Lipinski definition) is 4. The first-order valence-corrected chi connectivity index (χ1v) is 5.35. The van der Waals surface area contributed by atoms with E-state index in [1.54, 1.807) is 0 Å². The third kappa shape index (κ3) is 2.77. The summed E-state index contributed by atoms with van der Waals surface area (Å²) in [5.74, 6) is -0.962. The molecule has 1 atom stereocenters. The van der Waals surface area contributed by atoms with Crippen LogP contribution in [0.25, 0.3) is 0 Å². The molecule has 0 saturated carbocycles. The Balaban J connectivity index is 2.83. The molecule has 0 fully saturated rings. The van der Waals surface area contributed by atoms with Crippen molar-refractivity contribution in [2.24, 2.45) is 5.92 Å². The zero-order valence-electron chi connectivity index (χ0n) is 8.52. The topological polar surface area (TPSA) is 63.1 Å². The molecule has 1 rings (SSSR count). The molecule has 0 saturated heterocycles. The van der Waals surface area contributed by atoms with Gasteiger partial charge in [0.2, 0.25) is 0 Å². The lowest BCUT2D eigenvalue weighted by atomic mass is 9.98. The number of aliphatic carboxylic acids is 1. The quantitative estimate of drug-likeness (QED) is 0.833. The van der Waals surface area contributed by atoms with Crippen molar-refractivity contribution in [1.82, 2.24) is 10.2 Å². The highest BCUT2D eigenvalue weighted by atomic mass is 32.1. The van der Waals surface area contributed by atoms with Gasteiger partial charge in [0.25, 0.3) is 0 Å². The van der Waals surface area contributed by atoms with Gasteiger partial charge in [-0.1, -0.05) is 13.8 Å². The fourth-order valence-electron chi connectivity index (χ4n) is 1.23. The van der Waals surface area contributed by atoms with E-state index in [4.69, 9.17) is 5.11 Å². The second-order valence-electron chi connectivity index (χ2n) is 3.68. The van der Waals surface area contributed by atoms with Gasteiger partial charge in [0, 0.05) is 0 Å². The van der Waals surface area contributed by atoms with E-state index in [9.17, 15) is 4.79 Å². The molecule has 4 nitrogen and oxygen atoms in total. The van der Waals surface area contributed by atoms with Gasteiger partial charge in [-0.15, -0.1) is 21.5 Å². The van der Waals surface area contributed by atoms with E-state index in [1.807, 2.05) is 20.8 Å². The van der Waals surface area contributed by atoms with Gasteiger partial charge >= 0.3 is 5.97 Å². The predicted octanol–water partition coefficient (Wildman–Crippen LogP) is 2.06. The Morgan fingerprint density at radius 3 is 2.50 bits per heavy atom. The summed E-state index contributed by atoms with van der Waals surface area (Å²) in [7, 11) is 0. The SMILES string of the molecule is Cc1nnc(C(CC(C)C)C(=O)O)s1. The van der Waals surface area contributed by atoms with Crippen LogP contribution in [0, 0.1) is 12.8 Å².